The summed E-state index contributed by atoms with van der Waals surface area (Å²) in [6, 6.07) is 4.96. The summed E-state index contributed by atoms with van der Waals surface area (Å²) in [6.45, 7) is 3.95. The average Bonchev–Trinajstić information content (AvgIpc) is 3.42. The molecule has 0 unspecified atom stereocenters. The first kappa shape index (κ1) is 17.0. The van der Waals surface area contributed by atoms with E-state index in [1.807, 2.05) is 12.1 Å². The Morgan fingerprint density at radius 3 is 2.64 bits per heavy atom. The quantitative estimate of drug-likeness (QED) is 0.859. The number of nitrogens with one attached hydrogen (secondary N) is 1. The number of aromatic nitrogens is 1. The number of carbonyl (C=O) groups excluding carboxylic acids is 1. The first-order valence-corrected chi connectivity index (χ1v) is 9.79. The number of nitrogens with zero attached hydrogens (tertiary/aromatic N) is 2. The lowest BCUT2D eigenvalue weighted by Gasteiger charge is -2.31. The minimum Gasteiger partial charge on any atom is -0.381 e. The lowest BCUT2D eigenvalue weighted by atomic mass is 9.98. The van der Waals surface area contributed by atoms with Crippen LogP contribution in [0.5, 0.6) is 0 Å². The Morgan fingerprint density at radius 2 is 1.92 bits per heavy atom. The van der Waals surface area contributed by atoms with Crippen LogP contribution in [-0.2, 0) is 16.0 Å². The lowest BCUT2D eigenvalue weighted by molar-refractivity contribution is -0.122. The van der Waals surface area contributed by atoms with Gasteiger partial charge in [-0.25, -0.2) is 0 Å². The van der Waals surface area contributed by atoms with E-state index in [1.54, 1.807) is 12.4 Å². The zero-order chi connectivity index (χ0) is 17.1. The van der Waals surface area contributed by atoms with E-state index in [-0.39, 0.29) is 5.91 Å². The number of aryl methyl sites for hydroxylation is 1. The minimum absolute atomic E-state index is 0.196. The van der Waals surface area contributed by atoms with Gasteiger partial charge in [-0.05, 0) is 61.6 Å². The summed E-state index contributed by atoms with van der Waals surface area (Å²) in [5.74, 6) is 1.67. The topological polar surface area (TPSA) is 54.5 Å². The lowest BCUT2D eigenvalue weighted by Crippen LogP contribution is -2.43. The predicted molar refractivity (Wildman–Crippen MR) is 96.1 cm³/mol. The third-order valence-corrected chi connectivity index (χ3v) is 6.06. The Morgan fingerprint density at radius 1 is 1.16 bits per heavy atom. The molecule has 136 valence electrons. The maximum atomic E-state index is 12.5. The number of amides is 1. The summed E-state index contributed by atoms with van der Waals surface area (Å²) in [5, 5.41) is 3.36. The van der Waals surface area contributed by atoms with Gasteiger partial charge in [0.05, 0.1) is 0 Å². The third kappa shape index (κ3) is 4.39. The van der Waals surface area contributed by atoms with E-state index in [1.165, 1.54) is 18.4 Å². The molecule has 3 fully saturated rings. The van der Waals surface area contributed by atoms with E-state index in [4.69, 9.17) is 4.74 Å². The molecule has 3 heterocycles. The average molecular weight is 343 g/mol. The maximum absolute atomic E-state index is 12.5. The number of hydrogen-bond acceptors (Lipinski definition) is 4. The van der Waals surface area contributed by atoms with Gasteiger partial charge in [0, 0.05) is 57.2 Å². The van der Waals surface area contributed by atoms with Gasteiger partial charge in [-0.2, -0.15) is 0 Å². The van der Waals surface area contributed by atoms with Crippen molar-refractivity contribution >= 4 is 5.91 Å². The van der Waals surface area contributed by atoms with Gasteiger partial charge in [0.25, 0.3) is 0 Å². The number of pyridine rings is 1. The van der Waals surface area contributed by atoms with Crippen molar-refractivity contribution in [2.24, 2.45) is 11.8 Å². The van der Waals surface area contributed by atoms with Crippen LogP contribution in [0.15, 0.2) is 24.5 Å². The second-order valence-corrected chi connectivity index (χ2v) is 7.83. The van der Waals surface area contributed by atoms with E-state index in [2.05, 4.69) is 15.2 Å². The third-order valence-electron chi connectivity index (χ3n) is 6.06. The van der Waals surface area contributed by atoms with Gasteiger partial charge in [0.1, 0.15) is 0 Å². The predicted octanol–water partition coefficient (Wildman–Crippen LogP) is 2.02. The Bertz CT molecular complexity index is 570. The standard InChI is InChI=1S/C20H29N3O2/c24-20(4-1-15-5-9-21-10-6-15)22-19-14-23(13-18(19)16-2-3-16)17-7-11-25-12-8-17/h5-6,9-10,16-19H,1-4,7-8,11-14H2,(H,22,24)/t18-,19+/m1/s1. The van der Waals surface area contributed by atoms with Crippen molar-refractivity contribution in [2.45, 2.75) is 50.6 Å². The first-order chi connectivity index (χ1) is 12.3. The van der Waals surface area contributed by atoms with Crippen LogP contribution in [-0.4, -0.2) is 54.2 Å². The van der Waals surface area contributed by atoms with Gasteiger partial charge < -0.3 is 10.1 Å². The normalized spacial score (nSPS) is 28.2. The summed E-state index contributed by atoms with van der Waals surface area (Å²) < 4.78 is 5.51. The molecule has 3 aliphatic rings. The van der Waals surface area contributed by atoms with Gasteiger partial charge in [0.2, 0.25) is 5.91 Å². The van der Waals surface area contributed by atoms with Crippen LogP contribution in [0.25, 0.3) is 0 Å². The maximum Gasteiger partial charge on any atom is 0.220 e. The van der Waals surface area contributed by atoms with Crippen LogP contribution in [0.3, 0.4) is 0 Å². The molecule has 1 aromatic rings. The summed E-state index contributed by atoms with van der Waals surface area (Å²) in [6.07, 6.45) is 9.90. The Labute approximate surface area is 150 Å². The summed E-state index contributed by atoms with van der Waals surface area (Å²) >= 11 is 0. The molecule has 5 nitrogen and oxygen atoms in total. The summed E-state index contributed by atoms with van der Waals surface area (Å²) in [7, 11) is 0. The number of ether oxygens (including phenoxy) is 1. The Kier molecular flexibility index (Phi) is 5.32. The molecule has 4 rings (SSSR count). The highest BCUT2D eigenvalue weighted by Crippen LogP contribution is 2.42. The van der Waals surface area contributed by atoms with Crippen molar-refractivity contribution < 1.29 is 9.53 Å². The van der Waals surface area contributed by atoms with Crippen molar-refractivity contribution in [3.63, 3.8) is 0 Å². The monoisotopic (exact) mass is 343 g/mol. The largest absolute Gasteiger partial charge is 0.381 e. The molecule has 1 N–H and O–H groups in total. The SMILES string of the molecule is O=C(CCc1ccncc1)N[C@H]1CN(C2CCOCC2)C[C@@H]1C1CC1. The van der Waals surface area contributed by atoms with Crippen LogP contribution in [0.2, 0.25) is 0 Å². The molecule has 1 saturated carbocycles. The van der Waals surface area contributed by atoms with Crippen molar-refractivity contribution in [1.29, 1.82) is 0 Å². The minimum atomic E-state index is 0.196. The fourth-order valence-electron chi connectivity index (χ4n) is 4.45. The zero-order valence-electron chi connectivity index (χ0n) is 14.9. The number of carbonyl (C=O) groups is 1. The fourth-order valence-corrected chi connectivity index (χ4v) is 4.45. The molecular weight excluding hydrogens is 314 g/mol. The van der Waals surface area contributed by atoms with Crippen LogP contribution in [0, 0.1) is 11.8 Å². The molecule has 2 atom stereocenters. The molecular formula is C20H29N3O2. The highest BCUT2D eigenvalue weighted by atomic mass is 16.5. The van der Waals surface area contributed by atoms with Crippen molar-refractivity contribution in [1.82, 2.24) is 15.2 Å². The zero-order valence-corrected chi connectivity index (χ0v) is 14.9. The number of hydrogen-bond donors (Lipinski definition) is 1. The van der Waals surface area contributed by atoms with Gasteiger partial charge in [0.15, 0.2) is 0 Å². The molecule has 0 bridgehead atoms. The van der Waals surface area contributed by atoms with E-state index in [0.717, 1.165) is 51.5 Å². The second-order valence-electron chi connectivity index (χ2n) is 7.83. The van der Waals surface area contributed by atoms with Gasteiger partial charge >= 0.3 is 0 Å². The van der Waals surface area contributed by atoms with Gasteiger partial charge in [-0.1, -0.05) is 0 Å². The summed E-state index contributed by atoms with van der Waals surface area (Å²) in [4.78, 5) is 19.1. The number of rotatable bonds is 6. The van der Waals surface area contributed by atoms with Crippen molar-refractivity contribution in [3.8, 4) is 0 Å². The smallest absolute Gasteiger partial charge is 0.220 e. The molecule has 0 aromatic carbocycles. The number of likely N-dealkylation sites (tertiary alicyclic amines) is 1. The molecule has 1 aromatic heterocycles. The molecule has 2 saturated heterocycles. The molecule has 1 amide bonds. The molecule has 5 heteroatoms. The van der Waals surface area contributed by atoms with E-state index in [9.17, 15) is 4.79 Å². The highest BCUT2D eigenvalue weighted by molar-refractivity contribution is 5.76. The fraction of sp³-hybridized carbons (Fsp3) is 0.700. The highest BCUT2D eigenvalue weighted by Gasteiger charge is 2.44. The van der Waals surface area contributed by atoms with Crippen molar-refractivity contribution in [3.05, 3.63) is 30.1 Å². The molecule has 2 aliphatic heterocycles. The van der Waals surface area contributed by atoms with E-state index >= 15 is 0 Å². The Hall–Kier alpha value is -1.46. The first-order valence-electron chi connectivity index (χ1n) is 9.79. The molecule has 25 heavy (non-hydrogen) atoms. The van der Waals surface area contributed by atoms with E-state index < -0.39 is 0 Å². The summed E-state index contributed by atoms with van der Waals surface area (Å²) in [5.41, 5.74) is 1.18. The van der Waals surface area contributed by atoms with Gasteiger partial charge in [-0.3, -0.25) is 14.7 Å². The molecule has 0 spiro atoms. The second kappa shape index (κ2) is 7.83. The van der Waals surface area contributed by atoms with Crippen LogP contribution >= 0.6 is 0 Å². The van der Waals surface area contributed by atoms with Crippen molar-refractivity contribution in [2.75, 3.05) is 26.3 Å². The Balaban J connectivity index is 1.31. The van der Waals surface area contributed by atoms with Gasteiger partial charge in [-0.15, -0.1) is 0 Å². The van der Waals surface area contributed by atoms with Crippen LogP contribution in [0.4, 0.5) is 0 Å². The van der Waals surface area contributed by atoms with E-state index in [0.29, 0.717) is 24.4 Å². The molecule has 1 aliphatic carbocycles. The van der Waals surface area contributed by atoms with Crippen LogP contribution < -0.4 is 5.32 Å². The molecule has 0 radical (unpaired) electrons. The van der Waals surface area contributed by atoms with Crippen LogP contribution in [0.1, 0.15) is 37.7 Å².